The topological polar surface area (TPSA) is 45.7 Å². The normalized spacial score (nSPS) is 15.7. The van der Waals surface area contributed by atoms with Crippen molar-refractivity contribution in [1.82, 2.24) is 10.6 Å². The zero-order chi connectivity index (χ0) is 15.1. The van der Waals surface area contributed by atoms with Crippen molar-refractivity contribution in [1.29, 1.82) is 0 Å². The predicted octanol–water partition coefficient (Wildman–Crippen LogP) is 2.27. The first-order valence-corrected chi connectivity index (χ1v) is 7.87. The summed E-state index contributed by atoms with van der Waals surface area (Å²) in [7, 11) is 1.72. The van der Waals surface area contributed by atoms with E-state index in [9.17, 15) is 0 Å². The maximum Gasteiger partial charge on any atom is 0.191 e. The van der Waals surface area contributed by atoms with Crippen LogP contribution in [0.2, 0.25) is 0 Å². The van der Waals surface area contributed by atoms with Crippen molar-refractivity contribution in [3.63, 3.8) is 0 Å². The summed E-state index contributed by atoms with van der Waals surface area (Å²) in [6.07, 6.45) is 3.74. The number of aryl methyl sites for hydroxylation is 2. The molecule has 4 heteroatoms. The first kappa shape index (κ1) is 15.8. The van der Waals surface area contributed by atoms with Gasteiger partial charge in [0.1, 0.15) is 0 Å². The Morgan fingerprint density at radius 2 is 2.14 bits per heavy atom. The second-order valence-corrected chi connectivity index (χ2v) is 5.65. The third-order valence-corrected chi connectivity index (χ3v) is 3.73. The van der Waals surface area contributed by atoms with Gasteiger partial charge in [-0.15, -0.1) is 0 Å². The lowest BCUT2D eigenvalue weighted by molar-refractivity contribution is 0.179. The molecular formula is C17H27N3O. The third kappa shape index (κ3) is 4.74. The molecule has 2 rings (SSSR count). The van der Waals surface area contributed by atoms with Crippen molar-refractivity contribution in [2.45, 2.75) is 45.7 Å². The number of hydrogen-bond acceptors (Lipinski definition) is 2. The van der Waals surface area contributed by atoms with Crippen LogP contribution in [0.5, 0.6) is 0 Å². The summed E-state index contributed by atoms with van der Waals surface area (Å²) in [5.41, 5.74) is 4.31. The van der Waals surface area contributed by atoms with E-state index in [0.29, 0.717) is 13.2 Å². The molecule has 0 fully saturated rings. The van der Waals surface area contributed by atoms with Gasteiger partial charge in [0.2, 0.25) is 0 Å². The van der Waals surface area contributed by atoms with Gasteiger partial charge in [-0.3, -0.25) is 0 Å². The van der Waals surface area contributed by atoms with Crippen LogP contribution in [0.15, 0.2) is 23.2 Å². The maximum absolute atomic E-state index is 5.15. The summed E-state index contributed by atoms with van der Waals surface area (Å²) in [5, 5.41) is 6.63. The van der Waals surface area contributed by atoms with Gasteiger partial charge in [-0.05, 0) is 49.8 Å². The minimum absolute atomic E-state index is 0.243. The molecular weight excluding hydrogens is 262 g/mol. The van der Waals surface area contributed by atoms with Gasteiger partial charge in [0.25, 0.3) is 0 Å². The molecule has 0 amide bonds. The number of methoxy groups -OCH3 is 1. The second kappa shape index (κ2) is 8.03. The van der Waals surface area contributed by atoms with Crippen LogP contribution in [-0.2, 0) is 24.1 Å². The number of rotatable bonds is 6. The zero-order valence-corrected chi connectivity index (χ0v) is 13.4. The molecule has 1 aromatic carbocycles. The number of guanidine groups is 1. The monoisotopic (exact) mass is 289 g/mol. The zero-order valence-electron chi connectivity index (χ0n) is 13.4. The molecule has 4 nitrogen and oxygen atoms in total. The van der Waals surface area contributed by atoms with Gasteiger partial charge < -0.3 is 15.4 Å². The Kier molecular flexibility index (Phi) is 6.05. The Hall–Kier alpha value is -1.55. The SMILES string of the molecule is CCNC(=NCc1ccc2c(c1)CCC2)NC(C)COC. The molecule has 0 bridgehead atoms. The first-order chi connectivity index (χ1) is 10.2. The van der Waals surface area contributed by atoms with Gasteiger partial charge in [-0.2, -0.15) is 0 Å². The minimum atomic E-state index is 0.243. The number of aliphatic imine (C=N–C) groups is 1. The van der Waals surface area contributed by atoms with Crippen LogP contribution in [0, 0.1) is 0 Å². The molecule has 0 spiro atoms. The molecule has 0 radical (unpaired) electrons. The predicted molar refractivity (Wildman–Crippen MR) is 87.8 cm³/mol. The summed E-state index contributed by atoms with van der Waals surface area (Å²) in [4.78, 5) is 4.67. The standard InChI is InChI=1S/C17H27N3O/c1-4-18-17(20-13(2)12-21-3)19-11-14-8-9-15-6-5-7-16(15)10-14/h8-10,13H,4-7,11-12H2,1-3H3,(H2,18,19,20). The van der Waals surface area contributed by atoms with Crippen molar-refractivity contribution in [3.8, 4) is 0 Å². The second-order valence-electron chi connectivity index (χ2n) is 5.65. The quantitative estimate of drug-likeness (QED) is 0.624. The van der Waals surface area contributed by atoms with E-state index in [4.69, 9.17) is 4.74 Å². The van der Waals surface area contributed by atoms with Crippen LogP contribution in [-0.4, -0.2) is 32.3 Å². The number of hydrogen-bond donors (Lipinski definition) is 2. The van der Waals surface area contributed by atoms with Gasteiger partial charge in [0.15, 0.2) is 5.96 Å². The van der Waals surface area contributed by atoms with Gasteiger partial charge in [-0.1, -0.05) is 18.2 Å². The highest BCUT2D eigenvalue weighted by atomic mass is 16.5. The molecule has 0 heterocycles. The smallest absolute Gasteiger partial charge is 0.191 e. The maximum atomic E-state index is 5.15. The van der Waals surface area contributed by atoms with Crippen molar-refractivity contribution < 1.29 is 4.74 Å². The number of nitrogens with zero attached hydrogens (tertiary/aromatic N) is 1. The molecule has 1 atom stereocenters. The highest BCUT2D eigenvalue weighted by Crippen LogP contribution is 2.23. The van der Waals surface area contributed by atoms with Crippen molar-refractivity contribution >= 4 is 5.96 Å². The Balaban J connectivity index is 1.98. The fourth-order valence-corrected chi connectivity index (χ4v) is 2.74. The number of ether oxygens (including phenoxy) is 1. The van der Waals surface area contributed by atoms with E-state index in [1.54, 1.807) is 7.11 Å². The Morgan fingerprint density at radius 3 is 2.90 bits per heavy atom. The highest BCUT2D eigenvalue weighted by Gasteiger charge is 2.10. The lowest BCUT2D eigenvalue weighted by atomic mass is 10.1. The van der Waals surface area contributed by atoms with Crippen LogP contribution >= 0.6 is 0 Å². The van der Waals surface area contributed by atoms with E-state index < -0.39 is 0 Å². The number of nitrogens with one attached hydrogen (secondary N) is 2. The highest BCUT2D eigenvalue weighted by molar-refractivity contribution is 5.80. The number of fused-ring (bicyclic) bond motifs is 1. The molecule has 0 saturated heterocycles. The lowest BCUT2D eigenvalue weighted by Gasteiger charge is -2.17. The van der Waals surface area contributed by atoms with Crippen LogP contribution in [0.4, 0.5) is 0 Å². The van der Waals surface area contributed by atoms with Crippen LogP contribution in [0.3, 0.4) is 0 Å². The van der Waals surface area contributed by atoms with E-state index in [1.165, 1.54) is 36.0 Å². The molecule has 0 saturated carbocycles. The average molecular weight is 289 g/mol. The summed E-state index contributed by atoms with van der Waals surface area (Å²) in [6, 6.07) is 7.03. The van der Waals surface area contributed by atoms with Crippen LogP contribution in [0.1, 0.15) is 37.0 Å². The van der Waals surface area contributed by atoms with Crippen LogP contribution in [0.25, 0.3) is 0 Å². The Morgan fingerprint density at radius 1 is 1.33 bits per heavy atom. The van der Waals surface area contributed by atoms with Crippen molar-refractivity contribution in [2.24, 2.45) is 4.99 Å². The summed E-state index contributed by atoms with van der Waals surface area (Å²) in [6.45, 7) is 6.40. The minimum Gasteiger partial charge on any atom is -0.383 e. The van der Waals surface area contributed by atoms with E-state index >= 15 is 0 Å². The fraction of sp³-hybridized carbons (Fsp3) is 0.588. The molecule has 1 aromatic rings. The van der Waals surface area contributed by atoms with Crippen LogP contribution < -0.4 is 10.6 Å². The summed E-state index contributed by atoms with van der Waals surface area (Å²) < 4.78 is 5.15. The average Bonchev–Trinajstić information content (AvgIpc) is 2.92. The van der Waals surface area contributed by atoms with Gasteiger partial charge in [0, 0.05) is 19.7 Å². The molecule has 1 unspecified atom stereocenters. The van der Waals surface area contributed by atoms with E-state index in [-0.39, 0.29) is 6.04 Å². The third-order valence-electron chi connectivity index (χ3n) is 3.73. The largest absolute Gasteiger partial charge is 0.383 e. The van der Waals surface area contributed by atoms with Crippen molar-refractivity contribution in [2.75, 3.05) is 20.3 Å². The van der Waals surface area contributed by atoms with Crippen molar-refractivity contribution in [3.05, 3.63) is 34.9 Å². The lowest BCUT2D eigenvalue weighted by Crippen LogP contribution is -2.43. The molecule has 21 heavy (non-hydrogen) atoms. The Bertz CT molecular complexity index is 485. The fourth-order valence-electron chi connectivity index (χ4n) is 2.74. The first-order valence-electron chi connectivity index (χ1n) is 7.87. The summed E-state index contributed by atoms with van der Waals surface area (Å²) in [5.74, 6) is 0.850. The van der Waals surface area contributed by atoms with Gasteiger partial charge >= 0.3 is 0 Å². The molecule has 0 aliphatic heterocycles. The molecule has 116 valence electrons. The van der Waals surface area contributed by atoms with Gasteiger partial charge in [-0.25, -0.2) is 4.99 Å². The molecule has 2 N–H and O–H groups in total. The molecule has 1 aliphatic rings. The molecule has 1 aliphatic carbocycles. The van der Waals surface area contributed by atoms with E-state index in [2.05, 4.69) is 47.7 Å². The van der Waals surface area contributed by atoms with E-state index in [0.717, 1.165) is 12.5 Å². The van der Waals surface area contributed by atoms with Gasteiger partial charge in [0.05, 0.1) is 13.2 Å². The summed E-state index contributed by atoms with van der Waals surface area (Å²) >= 11 is 0. The van der Waals surface area contributed by atoms with E-state index in [1.807, 2.05) is 0 Å². The Labute approximate surface area is 128 Å². The molecule has 0 aromatic heterocycles. The number of benzene rings is 1.